The second kappa shape index (κ2) is 5.98. The van der Waals surface area contributed by atoms with Crippen LogP contribution in [0.4, 0.5) is 0 Å². The minimum atomic E-state index is -3.42. The van der Waals surface area contributed by atoms with Crippen molar-refractivity contribution < 1.29 is 8.42 Å². The largest absolute Gasteiger partial charge is 0.389 e. The lowest BCUT2D eigenvalue weighted by Crippen LogP contribution is -2.27. The second-order valence-electron chi connectivity index (χ2n) is 4.87. The predicted octanol–water partition coefficient (Wildman–Crippen LogP) is 1.79. The Balaban J connectivity index is 1.95. The van der Waals surface area contributed by atoms with Crippen molar-refractivity contribution in [3.8, 4) is 0 Å². The van der Waals surface area contributed by atoms with Crippen molar-refractivity contribution >= 4 is 27.2 Å². The Hall–Kier alpha value is -0.980. The molecule has 1 saturated carbocycles. The van der Waals surface area contributed by atoms with Gasteiger partial charge in [-0.1, -0.05) is 43.6 Å². The van der Waals surface area contributed by atoms with Crippen LogP contribution in [-0.4, -0.2) is 20.0 Å². The summed E-state index contributed by atoms with van der Waals surface area (Å²) in [5.41, 5.74) is 6.14. The van der Waals surface area contributed by atoms with E-state index in [4.69, 9.17) is 18.0 Å². The van der Waals surface area contributed by atoms with Crippen LogP contribution < -0.4 is 10.5 Å². The van der Waals surface area contributed by atoms with Gasteiger partial charge in [0.2, 0.25) is 10.0 Å². The van der Waals surface area contributed by atoms with Crippen LogP contribution >= 0.6 is 12.2 Å². The zero-order valence-electron chi connectivity index (χ0n) is 10.6. The molecule has 4 nitrogen and oxygen atoms in total. The lowest BCUT2D eigenvalue weighted by Gasteiger charge is -2.25. The molecule has 0 atom stereocenters. The van der Waals surface area contributed by atoms with Crippen LogP contribution in [0, 0.1) is 5.92 Å². The molecular weight excluding hydrogens is 280 g/mol. The maximum absolute atomic E-state index is 12.0. The van der Waals surface area contributed by atoms with Gasteiger partial charge >= 0.3 is 0 Å². The fraction of sp³-hybridized carbons (Fsp3) is 0.462. The number of nitrogens with one attached hydrogen (secondary N) is 1. The van der Waals surface area contributed by atoms with E-state index in [1.54, 1.807) is 12.1 Å². The number of nitrogens with two attached hydrogens (primary N) is 1. The average Bonchev–Trinajstić information content (AvgIpc) is 2.32. The number of hydrogen-bond donors (Lipinski definition) is 2. The highest BCUT2D eigenvalue weighted by molar-refractivity contribution is 7.89. The summed E-state index contributed by atoms with van der Waals surface area (Å²) in [6, 6.07) is 6.31. The van der Waals surface area contributed by atoms with E-state index in [1.807, 2.05) is 0 Å². The van der Waals surface area contributed by atoms with Gasteiger partial charge in [0.15, 0.2) is 0 Å². The fourth-order valence-electron chi connectivity index (χ4n) is 2.06. The van der Waals surface area contributed by atoms with E-state index in [9.17, 15) is 8.42 Å². The third kappa shape index (κ3) is 3.75. The van der Waals surface area contributed by atoms with Crippen molar-refractivity contribution in [3.63, 3.8) is 0 Å². The van der Waals surface area contributed by atoms with E-state index in [0.717, 1.165) is 6.42 Å². The summed E-state index contributed by atoms with van der Waals surface area (Å²) in [6.45, 7) is 0.504. The molecule has 3 N–H and O–H groups in total. The predicted molar refractivity (Wildman–Crippen MR) is 79.5 cm³/mol. The van der Waals surface area contributed by atoms with Crippen LogP contribution in [0.2, 0.25) is 0 Å². The van der Waals surface area contributed by atoms with E-state index in [2.05, 4.69) is 4.72 Å². The maximum atomic E-state index is 12.0. The van der Waals surface area contributed by atoms with Gasteiger partial charge in [0.25, 0.3) is 0 Å². The smallest absolute Gasteiger partial charge is 0.240 e. The quantitative estimate of drug-likeness (QED) is 0.785. The first-order valence-corrected chi connectivity index (χ1v) is 8.28. The summed E-state index contributed by atoms with van der Waals surface area (Å²) >= 11 is 4.83. The summed E-state index contributed by atoms with van der Waals surface area (Å²) in [6.07, 6.45) is 4.65. The molecule has 0 bridgehead atoms. The molecule has 1 aliphatic rings. The Morgan fingerprint density at radius 3 is 2.42 bits per heavy atom. The van der Waals surface area contributed by atoms with Gasteiger partial charge in [-0.05, 0) is 24.5 Å². The van der Waals surface area contributed by atoms with E-state index in [0.29, 0.717) is 18.0 Å². The Bertz CT molecular complexity index is 549. The molecule has 1 aromatic carbocycles. The molecule has 1 fully saturated rings. The average molecular weight is 298 g/mol. The van der Waals surface area contributed by atoms with Crippen molar-refractivity contribution in [2.75, 3.05) is 6.54 Å². The number of benzene rings is 1. The summed E-state index contributed by atoms with van der Waals surface area (Å²) in [7, 11) is -3.42. The van der Waals surface area contributed by atoms with Crippen LogP contribution in [-0.2, 0) is 10.0 Å². The summed E-state index contributed by atoms with van der Waals surface area (Å²) in [5.74, 6) is 0.694. The van der Waals surface area contributed by atoms with Crippen molar-refractivity contribution in [2.24, 2.45) is 11.7 Å². The van der Waals surface area contributed by atoms with Gasteiger partial charge in [-0.2, -0.15) is 0 Å². The molecule has 1 aliphatic carbocycles. The second-order valence-corrected chi connectivity index (χ2v) is 7.08. The van der Waals surface area contributed by atoms with Crippen molar-refractivity contribution in [1.82, 2.24) is 4.72 Å². The molecule has 1 aromatic rings. The first-order valence-electron chi connectivity index (χ1n) is 6.38. The minimum Gasteiger partial charge on any atom is -0.389 e. The zero-order valence-corrected chi connectivity index (χ0v) is 12.3. The van der Waals surface area contributed by atoms with Gasteiger partial charge in [0, 0.05) is 12.1 Å². The molecule has 104 valence electrons. The van der Waals surface area contributed by atoms with Gasteiger partial charge in [0.05, 0.1) is 4.90 Å². The molecule has 19 heavy (non-hydrogen) atoms. The van der Waals surface area contributed by atoms with Gasteiger partial charge in [-0.25, -0.2) is 13.1 Å². The summed E-state index contributed by atoms with van der Waals surface area (Å²) in [5, 5.41) is 0. The zero-order chi connectivity index (χ0) is 13.9. The highest BCUT2D eigenvalue weighted by atomic mass is 32.2. The van der Waals surface area contributed by atoms with E-state index >= 15 is 0 Å². The van der Waals surface area contributed by atoms with Crippen LogP contribution in [0.3, 0.4) is 0 Å². The highest BCUT2D eigenvalue weighted by Gasteiger charge is 2.19. The Labute approximate surface area is 119 Å². The number of sulfonamides is 1. The van der Waals surface area contributed by atoms with Crippen molar-refractivity contribution in [2.45, 2.75) is 30.6 Å². The molecule has 0 unspecified atom stereocenters. The van der Waals surface area contributed by atoms with Gasteiger partial charge < -0.3 is 5.73 Å². The molecule has 2 rings (SSSR count). The molecular formula is C13H18N2O2S2. The Morgan fingerprint density at radius 2 is 1.95 bits per heavy atom. The Morgan fingerprint density at radius 1 is 1.32 bits per heavy atom. The normalized spacial score (nSPS) is 16.0. The molecule has 0 saturated heterocycles. The van der Waals surface area contributed by atoms with Crippen LogP contribution in [0.5, 0.6) is 0 Å². The lowest BCUT2D eigenvalue weighted by molar-refractivity contribution is 0.297. The van der Waals surface area contributed by atoms with Gasteiger partial charge in [-0.3, -0.25) is 0 Å². The third-order valence-electron chi connectivity index (χ3n) is 3.52. The Kier molecular flexibility index (Phi) is 4.54. The topological polar surface area (TPSA) is 72.2 Å². The van der Waals surface area contributed by atoms with Crippen LogP contribution in [0.15, 0.2) is 29.2 Å². The molecule has 0 radical (unpaired) electrons. The monoisotopic (exact) mass is 298 g/mol. The number of rotatable bonds is 6. The van der Waals surface area contributed by atoms with Gasteiger partial charge in [-0.15, -0.1) is 0 Å². The van der Waals surface area contributed by atoms with E-state index < -0.39 is 10.0 Å². The summed E-state index contributed by atoms with van der Waals surface area (Å²) < 4.78 is 26.7. The molecule has 0 aliphatic heterocycles. The molecule has 0 aromatic heterocycles. The van der Waals surface area contributed by atoms with Crippen LogP contribution in [0.25, 0.3) is 0 Å². The van der Waals surface area contributed by atoms with Crippen molar-refractivity contribution in [1.29, 1.82) is 0 Å². The van der Waals surface area contributed by atoms with Crippen molar-refractivity contribution in [3.05, 3.63) is 29.8 Å². The molecule has 0 heterocycles. The minimum absolute atomic E-state index is 0.251. The van der Waals surface area contributed by atoms with Crippen LogP contribution in [0.1, 0.15) is 31.2 Å². The van der Waals surface area contributed by atoms with Gasteiger partial charge in [0.1, 0.15) is 4.99 Å². The third-order valence-corrected chi connectivity index (χ3v) is 5.23. The number of thiocarbonyl (C=S) groups is 1. The first-order chi connectivity index (χ1) is 8.99. The highest BCUT2D eigenvalue weighted by Crippen LogP contribution is 2.28. The lowest BCUT2D eigenvalue weighted by atomic mass is 9.83. The standard InChI is InChI=1S/C13H18N2O2S2/c14-13(18)11-4-6-12(7-5-11)19(16,17)15-9-8-10-2-1-3-10/h4-7,10,15H,1-3,8-9H2,(H2,14,18). The molecule has 0 spiro atoms. The fourth-order valence-corrected chi connectivity index (χ4v) is 3.24. The summed E-state index contributed by atoms with van der Waals surface area (Å²) in [4.78, 5) is 0.517. The van der Waals surface area contributed by atoms with E-state index in [1.165, 1.54) is 31.4 Å². The number of hydrogen-bond acceptors (Lipinski definition) is 3. The molecule has 6 heteroatoms. The first kappa shape index (κ1) is 14.4. The molecule has 0 amide bonds. The SMILES string of the molecule is NC(=S)c1ccc(S(=O)(=O)NCCC2CCC2)cc1. The van der Waals surface area contributed by atoms with E-state index in [-0.39, 0.29) is 9.88 Å². The maximum Gasteiger partial charge on any atom is 0.240 e.